The number of para-hydroxylation sites is 1. The summed E-state index contributed by atoms with van der Waals surface area (Å²) in [6.45, 7) is 3.74. The zero-order chi connectivity index (χ0) is 22.7. The van der Waals surface area contributed by atoms with Gasteiger partial charge in [0.05, 0.1) is 10.6 Å². The van der Waals surface area contributed by atoms with Gasteiger partial charge >= 0.3 is 0 Å². The molecule has 3 aromatic rings. The van der Waals surface area contributed by atoms with Gasteiger partial charge in [0.25, 0.3) is 15.9 Å². The fraction of sp³-hybridized carbons (Fsp3) is 0.304. The molecule has 1 aliphatic heterocycles. The topological polar surface area (TPSA) is 109 Å². The summed E-state index contributed by atoms with van der Waals surface area (Å²) in [5, 5.41) is 2.85. The number of rotatable bonds is 8. The molecule has 32 heavy (non-hydrogen) atoms. The highest BCUT2D eigenvalue weighted by atomic mass is 32.2. The van der Waals surface area contributed by atoms with Crippen LogP contribution in [0.4, 0.5) is 5.69 Å². The summed E-state index contributed by atoms with van der Waals surface area (Å²) in [5.74, 6) is -0.508. The van der Waals surface area contributed by atoms with Crippen molar-refractivity contribution in [2.75, 3.05) is 30.6 Å². The Balaban J connectivity index is 1.63. The first kappa shape index (κ1) is 22.0. The summed E-state index contributed by atoms with van der Waals surface area (Å²) < 4.78 is 33.2. The van der Waals surface area contributed by atoms with Crippen LogP contribution in [0.2, 0.25) is 0 Å². The van der Waals surface area contributed by atoms with Crippen molar-refractivity contribution in [3.63, 3.8) is 0 Å². The van der Waals surface area contributed by atoms with E-state index in [0.717, 1.165) is 5.56 Å². The number of nitrogens with one attached hydrogen (secondary N) is 2. The number of pyridine rings is 1. The number of ether oxygens (including phenoxy) is 1. The zero-order valence-electron chi connectivity index (χ0n) is 17.8. The number of aromatic nitrogens is 1. The van der Waals surface area contributed by atoms with Gasteiger partial charge in [0.2, 0.25) is 5.43 Å². The Labute approximate surface area is 186 Å². The Kier molecular flexibility index (Phi) is 6.29. The van der Waals surface area contributed by atoms with E-state index in [1.807, 2.05) is 19.1 Å². The maximum absolute atomic E-state index is 13.3. The van der Waals surface area contributed by atoms with Crippen molar-refractivity contribution in [1.29, 1.82) is 0 Å². The van der Waals surface area contributed by atoms with Crippen LogP contribution >= 0.6 is 0 Å². The van der Waals surface area contributed by atoms with E-state index in [4.69, 9.17) is 4.74 Å². The van der Waals surface area contributed by atoms with E-state index in [9.17, 15) is 18.0 Å². The number of benzene rings is 2. The van der Waals surface area contributed by atoms with Crippen molar-refractivity contribution in [2.45, 2.75) is 24.7 Å². The molecule has 2 aromatic carbocycles. The molecule has 9 heteroatoms. The van der Waals surface area contributed by atoms with Gasteiger partial charge in [-0.2, -0.15) is 0 Å². The molecule has 0 spiro atoms. The number of amides is 1. The lowest BCUT2D eigenvalue weighted by molar-refractivity contribution is 0.0943. The number of nitrogens with zero attached hydrogens (tertiary/aromatic N) is 1. The van der Waals surface area contributed by atoms with Crippen LogP contribution < -0.4 is 15.1 Å². The summed E-state index contributed by atoms with van der Waals surface area (Å²) in [6.07, 6.45) is 2.62. The SMILES string of the molecule is CCOCCCNC(=O)c1c[nH]c2ccc(S(=O)(=O)N3CCc4ccccc43)cc2c1=O. The third-order valence-corrected chi connectivity index (χ3v) is 7.29. The average molecular weight is 456 g/mol. The Morgan fingerprint density at radius 3 is 2.84 bits per heavy atom. The van der Waals surface area contributed by atoms with Crippen molar-refractivity contribution in [3.05, 3.63) is 70.0 Å². The predicted molar refractivity (Wildman–Crippen MR) is 123 cm³/mol. The molecule has 1 amide bonds. The van der Waals surface area contributed by atoms with Gasteiger partial charge in [-0.3, -0.25) is 13.9 Å². The molecule has 0 saturated carbocycles. The van der Waals surface area contributed by atoms with E-state index < -0.39 is 21.4 Å². The molecule has 0 saturated heterocycles. The molecule has 0 atom stereocenters. The number of hydrogen-bond acceptors (Lipinski definition) is 5. The lowest BCUT2D eigenvalue weighted by Crippen LogP contribution is -2.31. The van der Waals surface area contributed by atoms with E-state index in [-0.39, 0.29) is 15.8 Å². The Morgan fingerprint density at radius 1 is 1.22 bits per heavy atom. The van der Waals surface area contributed by atoms with E-state index in [2.05, 4.69) is 10.3 Å². The molecule has 8 nitrogen and oxygen atoms in total. The molecule has 0 aliphatic carbocycles. The van der Waals surface area contributed by atoms with Crippen LogP contribution in [0.5, 0.6) is 0 Å². The smallest absolute Gasteiger partial charge is 0.264 e. The summed E-state index contributed by atoms with van der Waals surface area (Å²) in [5.41, 5.74) is 1.51. The molecule has 0 unspecified atom stereocenters. The molecule has 168 valence electrons. The number of aromatic amines is 1. The van der Waals surface area contributed by atoms with Crippen LogP contribution in [0.1, 0.15) is 29.3 Å². The minimum absolute atomic E-state index is 0.0153. The molecule has 2 N–H and O–H groups in total. The number of carbonyl (C=O) groups excluding carboxylic acids is 1. The van der Waals surface area contributed by atoms with Gasteiger partial charge in [-0.15, -0.1) is 0 Å². The highest BCUT2D eigenvalue weighted by molar-refractivity contribution is 7.92. The van der Waals surface area contributed by atoms with Crippen LogP contribution in [-0.4, -0.2) is 45.6 Å². The van der Waals surface area contributed by atoms with Crippen molar-refractivity contribution < 1.29 is 17.9 Å². The van der Waals surface area contributed by atoms with Crippen molar-refractivity contribution >= 4 is 32.5 Å². The van der Waals surface area contributed by atoms with Crippen LogP contribution in [0.15, 0.2) is 58.4 Å². The monoisotopic (exact) mass is 455 g/mol. The molecule has 0 bridgehead atoms. The first-order valence-corrected chi connectivity index (χ1v) is 12.0. The Morgan fingerprint density at radius 2 is 2.03 bits per heavy atom. The van der Waals surface area contributed by atoms with Crippen molar-refractivity contribution in [2.24, 2.45) is 0 Å². The third kappa shape index (κ3) is 4.13. The van der Waals surface area contributed by atoms with Gasteiger partial charge in [-0.05, 0) is 49.6 Å². The minimum Gasteiger partial charge on any atom is -0.382 e. The first-order valence-electron chi connectivity index (χ1n) is 10.6. The number of fused-ring (bicyclic) bond motifs is 2. The molecule has 4 rings (SSSR count). The Hall–Kier alpha value is -3.17. The van der Waals surface area contributed by atoms with Gasteiger partial charge in [-0.25, -0.2) is 8.42 Å². The van der Waals surface area contributed by atoms with Crippen LogP contribution in [-0.2, 0) is 21.2 Å². The van der Waals surface area contributed by atoms with E-state index in [1.54, 1.807) is 18.2 Å². The number of H-pyrrole nitrogens is 1. The van der Waals surface area contributed by atoms with Gasteiger partial charge in [0, 0.05) is 43.4 Å². The first-order chi connectivity index (χ1) is 15.4. The number of sulfonamides is 1. The predicted octanol–water partition coefficient (Wildman–Crippen LogP) is 2.44. The average Bonchev–Trinajstić information content (AvgIpc) is 3.24. The van der Waals surface area contributed by atoms with Crippen molar-refractivity contribution in [1.82, 2.24) is 10.3 Å². The second-order valence-electron chi connectivity index (χ2n) is 7.50. The van der Waals surface area contributed by atoms with E-state index >= 15 is 0 Å². The lowest BCUT2D eigenvalue weighted by Gasteiger charge is -2.19. The summed E-state index contributed by atoms with van der Waals surface area (Å²) in [6, 6.07) is 11.7. The van der Waals surface area contributed by atoms with Gasteiger partial charge in [0.1, 0.15) is 5.56 Å². The minimum atomic E-state index is -3.85. The highest BCUT2D eigenvalue weighted by Gasteiger charge is 2.31. The third-order valence-electron chi connectivity index (χ3n) is 5.48. The molecular weight excluding hydrogens is 430 g/mol. The van der Waals surface area contributed by atoms with E-state index in [0.29, 0.717) is 50.3 Å². The largest absolute Gasteiger partial charge is 0.382 e. The van der Waals surface area contributed by atoms with Crippen LogP contribution in [0.3, 0.4) is 0 Å². The number of carbonyl (C=O) groups is 1. The molecule has 2 heterocycles. The summed E-state index contributed by atoms with van der Waals surface area (Å²) >= 11 is 0. The quantitative estimate of drug-likeness (QED) is 0.507. The second kappa shape index (κ2) is 9.13. The zero-order valence-corrected chi connectivity index (χ0v) is 18.6. The molecule has 1 aromatic heterocycles. The normalized spacial score (nSPS) is 13.3. The van der Waals surface area contributed by atoms with Gasteiger partial charge in [0.15, 0.2) is 0 Å². The summed E-state index contributed by atoms with van der Waals surface area (Å²) in [4.78, 5) is 28.4. The molecule has 1 aliphatic rings. The van der Waals surface area contributed by atoms with Crippen LogP contribution in [0.25, 0.3) is 10.9 Å². The fourth-order valence-corrected chi connectivity index (χ4v) is 5.36. The molecule has 0 radical (unpaired) electrons. The summed E-state index contributed by atoms with van der Waals surface area (Å²) in [7, 11) is -3.85. The fourth-order valence-electron chi connectivity index (χ4n) is 3.83. The molecular formula is C23H25N3O5S. The van der Waals surface area contributed by atoms with Crippen LogP contribution in [0, 0.1) is 0 Å². The van der Waals surface area contributed by atoms with E-state index in [1.165, 1.54) is 22.6 Å². The second-order valence-corrected chi connectivity index (χ2v) is 9.36. The standard InChI is InChI=1S/C23H25N3O5S/c1-2-31-13-5-11-24-23(28)19-15-25-20-9-8-17(14-18(20)22(19)27)32(29,30)26-12-10-16-6-3-4-7-21(16)26/h3-4,6-9,14-15H,2,5,10-13H2,1H3,(H,24,28)(H,25,27). The number of hydrogen-bond donors (Lipinski definition) is 2. The highest BCUT2D eigenvalue weighted by Crippen LogP contribution is 2.33. The van der Waals surface area contributed by atoms with Gasteiger partial charge < -0.3 is 15.0 Å². The van der Waals surface area contributed by atoms with Crippen molar-refractivity contribution in [3.8, 4) is 0 Å². The Bertz CT molecular complexity index is 1320. The number of anilines is 1. The maximum Gasteiger partial charge on any atom is 0.264 e. The maximum atomic E-state index is 13.3. The van der Waals surface area contributed by atoms with Gasteiger partial charge in [-0.1, -0.05) is 18.2 Å². The molecule has 0 fully saturated rings. The lowest BCUT2D eigenvalue weighted by atomic mass is 10.1.